The molecule has 3 saturated heterocycles. The molecule has 3 rings (SSSR count). The lowest BCUT2D eigenvalue weighted by Crippen LogP contribution is -2.50. The molecular formula is C31H48N2O8. The highest BCUT2D eigenvalue weighted by Crippen LogP contribution is 2.43. The van der Waals surface area contributed by atoms with E-state index in [0.717, 1.165) is 18.4 Å². The fourth-order valence-corrected chi connectivity index (χ4v) is 5.43. The summed E-state index contributed by atoms with van der Waals surface area (Å²) in [6, 6.07) is -0.119. The lowest BCUT2D eigenvalue weighted by Gasteiger charge is -2.39. The minimum absolute atomic E-state index is 0.00620. The van der Waals surface area contributed by atoms with E-state index in [9.17, 15) is 19.5 Å². The van der Waals surface area contributed by atoms with Gasteiger partial charge in [-0.1, -0.05) is 37.6 Å². The van der Waals surface area contributed by atoms with Gasteiger partial charge in [-0.15, -0.1) is 0 Å². The van der Waals surface area contributed by atoms with Gasteiger partial charge in [-0.25, -0.2) is 0 Å². The maximum atomic E-state index is 12.4. The number of epoxide rings is 1. The molecule has 10 heteroatoms. The SMILES string of the molecule is CCCNC(=O)C[C@@H]1C[C@@]2(CO2)[C@H](O)[C@@H](C=CC(C)=CC[C@@H]2O[C@H](C)[C@H](NC(=O)C=CC(C)OC(C)=O)C[C@@H]2C)O1. The Kier molecular flexibility index (Phi) is 12.1. The molecule has 2 amide bonds. The summed E-state index contributed by atoms with van der Waals surface area (Å²) in [6.45, 7) is 12.2. The molecule has 41 heavy (non-hydrogen) atoms. The van der Waals surface area contributed by atoms with Gasteiger partial charge in [0.1, 0.15) is 23.9 Å². The molecule has 1 spiro atoms. The zero-order valence-electron chi connectivity index (χ0n) is 25.3. The number of carbonyl (C=O) groups excluding carboxylic acids is 3. The average molecular weight is 577 g/mol. The molecule has 0 saturated carbocycles. The number of esters is 1. The second kappa shape index (κ2) is 15.1. The van der Waals surface area contributed by atoms with Gasteiger partial charge in [-0.2, -0.15) is 0 Å². The number of amides is 2. The largest absolute Gasteiger partial charge is 0.459 e. The Morgan fingerprint density at radius 2 is 1.90 bits per heavy atom. The van der Waals surface area contributed by atoms with E-state index < -0.39 is 29.9 Å². The van der Waals surface area contributed by atoms with Gasteiger partial charge in [-0.3, -0.25) is 14.4 Å². The van der Waals surface area contributed by atoms with Crippen molar-refractivity contribution >= 4 is 17.8 Å². The molecule has 0 aromatic heterocycles. The predicted octanol–water partition coefficient (Wildman–Crippen LogP) is 2.89. The van der Waals surface area contributed by atoms with E-state index in [4.69, 9.17) is 18.9 Å². The van der Waals surface area contributed by atoms with Crippen LogP contribution in [-0.4, -0.2) is 84.3 Å². The fraction of sp³-hybridized carbons (Fsp3) is 0.710. The van der Waals surface area contributed by atoms with Crippen molar-refractivity contribution in [3.05, 3.63) is 36.0 Å². The quantitative estimate of drug-likeness (QED) is 0.140. The summed E-state index contributed by atoms with van der Waals surface area (Å²) in [4.78, 5) is 35.6. The lowest BCUT2D eigenvalue weighted by molar-refractivity contribution is -0.145. The molecule has 0 aromatic rings. The smallest absolute Gasteiger partial charge is 0.303 e. The van der Waals surface area contributed by atoms with Crippen LogP contribution in [0.2, 0.25) is 0 Å². The summed E-state index contributed by atoms with van der Waals surface area (Å²) in [5, 5.41) is 16.7. The molecule has 230 valence electrons. The van der Waals surface area contributed by atoms with Gasteiger partial charge in [0.2, 0.25) is 11.8 Å². The van der Waals surface area contributed by atoms with Crippen LogP contribution in [0.3, 0.4) is 0 Å². The average Bonchev–Trinajstić information content (AvgIpc) is 3.68. The van der Waals surface area contributed by atoms with Crippen molar-refractivity contribution in [1.29, 1.82) is 0 Å². The molecule has 10 nitrogen and oxygen atoms in total. The maximum absolute atomic E-state index is 12.4. The van der Waals surface area contributed by atoms with Gasteiger partial charge in [0, 0.05) is 26.0 Å². The first-order valence-electron chi connectivity index (χ1n) is 14.8. The summed E-state index contributed by atoms with van der Waals surface area (Å²) in [5.74, 6) is -0.463. The molecular weight excluding hydrogens is 528 g/mol. The summed E-state index contributed by atoms with van der Waals surface area (Å²) >= 11 is 0. The minimum atomic E-state index is -0.782. The monoisotopic (exact) mass is 576 g/mol. The normalized spacial score (nSPS) is 34.5. The molecule has 0 radical (unpaired) electrons. The molecule has 3 heterocycles. The number of hydrogen-bond acceptors (Lipinski definition) is 8. The van der Waals surface area contributed by atoms with Crippen molar-refractivity contribution in [2.75, 3.05) is 13.2 Å². The van der Waals surface area contributed by atoms with Crippen LogP contribution in [0.15, 0.2) is 36.0 Å². The Morgan fingerprint density at radius 1 is 1.17 bits per heavy atom. The first-order valence-corrected chi connectivity index (χ1v) is 14.8. The molecule has 0 bridgehead atoms. The van der Waals surface area contributed by atoms with Crippen molar-refractivity contribution in [1.82, 2.24) is 10.6 Å². The third kappa shape index (κ3) is 10.1. The number of carbonyl (C=O) groups is 3. The van der Waals surface area contributed by atoms with Crippen LogP contribution in [0.1, 0.15) is 73.6 Å². The maximum Gasteiger partial charge on any atom is 0.303 e. The van der Waals surface area contributed by atoms with Crippen LogP contribution in [0, 0.1) is 5.92 Å². The van der Waals surface area contributed by atoms with E-state index in [0.29, 0.717) is 26.0 Å². The zero-order chi connectivity index (χ0) is 30.2. The van der Waals surface area contributed by atoms with E-state index in [1.54, 1.807) is 13.0 Å². The van der Waals surface area contributed by atoms with Crippen LogP contribution in [0.4, 0.5) is 0 Å². The van der Waals surface area contributed by atoms with Gasteiger partial charge in [0.25, 0.3) is 0 Å². The summed E-state index contributed by atoms with van der Waals surface area (Å²) in [6.07, 6.45) is 9.69. The van der Waals surface area contributed by atoms with Crippen LogP contribution in [-0.2, 0) is 33.3 Å². The van der Waals surface area contributed by atoms with Crippen LogP contribution in [0.25, 0.3) is 0 Å². The third-order valence-electron chi connectivity index (χ3n) is 7.91. The van der Waals surface area contributed by atoms with Gasteiger partial charge >= 0.3 is 5.97 Å². The number of aliphatic hydroxyl groups is 1. The Morgan fingerprint density at radius 3 is 2.56 bits per heavy atom. The molecule has 3 N–H and O–H groups in total. The van der Waals surface area contributed by atoms with Gasteiger partial charge in [-0.05, 0) is 52.0 Å². The van der Waals surface area contributed by atoms with E-state index >= 15 is 0 Å². The number of hydrogen-bond donors (Lipinski definition) is 3. The van der Waals surface area contributed by atoms with Crippen LogP contribution in [0.5, 0.6) is 0 Å². The number of ether oxygens (including phenoxy) is 4. The summed E-state index contributed by atoms with van der Waals surface area (Å²) in [7, 11) is 0. The van der Waals surface area contributed by atoms with Gasteiger partial charge in [0.05, 0.1) is 37.4 Å². The molecule has 1 unspecified atom stereocenters. The van der Waals surface area contributed by atoms with Gasteiger partial charge < -0.3 is 34.7 Å². The van der Waals surface area contributed by atoms with E-state index in [2.05, 4.69) is 23.6 Å². The van der Waals surface area contributed by atoms with Crippen molar-refractivity contribution in [2.24, 2.45) is 5.92 Å². The van der Waals surface area contributed by atoms with E-state index in [-0.39, 0.29) is 48.5 Å². The Balaban J connectivity index is 1.49. The Bertz CT molecular complexity index is 1000. The topological polar surface area (TPSA) is 136 Å². The van der Waals surface area contributed by atoms with Crippen molar-refractivity contribution < 1.29 is 38.4 Å². The summed E-state index contributed by atoms with van der Waals surface area (Å²) < 4.78 is 23.0. The van der Waals surface area contributed by atoms with Crippen LogP contribution < -0.4 is 10.6 Å². The summed E-state index contributed by atoms with van der Waals surface area (Å²) in [5.41, 5.74) is 0.394. The van der Waals surface area contributed by atoms with Crippen LogP contribution >= 0.6 is 0 Å². The molecule has 3 aliphatic heterocycles. The van der Waals surface area contributed by atoms with Crippen molar-refractivity contribution in [3.63, 3.8) is 0 Å². The molecule has 3 aliphatic rings. The number of allylic oxidation sites excluding steroid dienone is 2. The molecule has 3 fully saturated rings. The molecule has 9 atom stereocenters. The van der Waals surface area contributed by atoms with E-state index in [1.165, 1.54) is 13.0 Å². The first kappa shape index (κ1) is 33.0. The predicted molar refractivity (Wildman–Crippen MR) is 154 cm³/mol. The van der Waals surface area contributed by atoms with Crippen molar-refractivity contribution in [2.45, 2.75) is 122 Å². The standard InChI is InChI=1S/C31H48N2O8/c1-7-14-32-29(36)16-24-17-31(18-38-31)30(37)27(41-24)12-9-19(2)8-11-26-20(3)15-25(22(5)40-26)33-28(35)13-10-21(4)39-23(6)34/h8-10,12-13,20-22,24-27,30,37H,7,11,14-18H2,1-6H3,(H,32,36)(H,33,35)/t20-,21?,22+,24+,25+,26-,27+,30+,31+/m0/s1. The lowest BCUT2D eigenvalue weighted by atomic mass is 9.87. The molecule has 0 aromatic carbocycles. The third-order valence-corrected chi connectivity index (χ3v) is 7.91. The minimum Gasteiger partial charge on any atom is -0.459 e. The zero-order valence-corrected chi connectivity index (χ0v) is 25.3. The number of aliphatic hydroxyl groups excluding tert-OH is 1. The molecule has 0 aliphatic carbocycles. The van der Waals surface area contributed by atoms with Gasteiger partial charge in [0.15, 0.2) is 0 Å². The second-order valence-electron chi connectivity index (χ2n) is 11.7. The second-order valence-corrected chi connectivity index (χ2v) is 11.7. The Hall–Kier alpha value is -2.53. The number of nitrogens with one attached hydrogen (secondary N) is 2. The highest BCUT2D eigenvalue weighted by Gasteiger charge is 2.58. The van der Waals surface area contributed by atoms with E-state index in [1.807, 2.05) is 32.9 Å². The highest BCUT2D eigenvalue weighted by molar-refractivity contribution is 5.87. The van der Waals surface area contributed by atoms with Crippen molar-refractivity contribution in [3.8, 4) is 0 Å². The Labute approximate surface area is 243 Å². The number of rotatable bonds is 12. The highest BCUT2D eigenvalue weighted by atomic mass is 16.6. The first-order chi connectivity index (χ1) is 19.4. The fourth-order valence-electron chi connectivity index (χ4n) is 5.43.